The van der Waals surface area contributed by atoms with Crippen molar-refractivity contribution in [2.45, 2.75) is 0 Å². The minimum absolute atomic E-state index is 0.175. The van der Waals surface area contributed by atoms with Crippen LogP contribution in [-0.4, -0.2) is 15.2 Å². The summed E-state index contributed by atoms with van der Waals surface area (Å²) in [6.07, 6.45) is 0. The zero-order chi connectivity index (χ0) is 17.9. The predicted octanol–water partition coefficient (Wildman–Crippen LogP) is 5.55. The molecule has 1 N–H and O–H groups in total. The summed E-state index contributed by atoms with van der Waals surface area (Å²) < 4.78 is 11.1. The Kier molecular flexibility index (Phi) is 4.29. The topological polar surface area (TPSA) is 68.4 Å². The van der Waals surface area contributed by atoms with Gasteiger partial charge in [0.15, 0.2) is 0 Å². The first-order chi connectivity index (χ1) is 12.7. The van der Waals surface area contributed by atoms with Gasteiger partial charge in [0, 0.05) is 11.1 Å². The molecule has 1 heterocycles. The lowest BCUT2D eigenvalue weighted by Gasteiger charge is -2.07. The lowest BCUT2D eigenvalue weighted by Crippen LogP contribution is -1.87. The average Bonchev–Trinajstić information content (AvgIpc) is 3.15. The molecule has 0 atom stereocenters. The number of aromatic hydroxyl groups is 1. The molecule has 26 heavy (non-hydrogen) atoms. The van der Waals surface area contributed by atoms with Gasteiger partial charge in [0.25, 0.3) is 5.89 Å². The zero-order valence-corrected chi connectivity index (χ0v) is 14.2. The number of hydrogen-bond donors (Lipinski definition) is 1. The van der Waals surface area contributed by atoms with Crippen LogP contribution in [0.1, 0.15) is 0 Å². The second-order valence-electron chi connectivity index (χ2n) is 5.53. The van der Waals surface area contributed by atoms with Crippen LogP contribution in [0.2, 0.25) is 5.02 Å². The molecule has 4 aromatic rings. The molecule has 0 radical (unpaired) electrons. The third kappa shape index (κ3) is 3.38. The van der Waals surface area contributed by atoms with Crippen LogP contribution in [0.4, 0.5) is 0 Å². The van der Waals surface area contributed by atoms with Crippen molar-refractivity contribution < 1.29 is 14.4 Å². The summed E-state index contributed by atoms with van der Waals surface area (Å²) in [4.78, 5) is 4.38. The highest BCUT2D eigenvalue weighted by Gasteiger charge is 2.13. The number of para-hydroxylation sites is 1. The highest BCUT2D eigenvalue weighted by Crippen LogP contribution is 2.33. The zero-order valence-electron chi connectivity index (χ0n) is 13.5. The molecule has 0 unspecified atom stereocenters. The smallest absolute Gasteiger partial charge is 0.258 e. The van der Waals surface area contributed by atoms with Gasteiger partial charge in [-0.1, -0.05) is 35.0 Å². The van der Waals surface area contributed by atoms with Crippen molar-refractivity contribution >= 4 is 11.6 Å². The number of benzene rings is 3. The van der Waals surface area contributed by atoms with Gasteiger partial charge >= 0.3 is 0 Å². The van der Waals surface area contributed by atoms with E-state index < -0.39 is 0 Å². The van der Waals surface area contributed by atoms with Crippen LogP contribution in [0.15, 0.2) is 77.3 Å². The van der Waals surface area contributed by atoms with Gasteiger partial charge in [0.05, 0.1) is 5.02 Å². The van der Waals surface area contributed by atoms with Gasteiger partial charge in [0.1, 0.15) is 17.2 Å². The van der Waals surface area contributed by atoms with Crippen molar-refractivity contribution in [3.05, 3.63) is 77.8 Å². The van der Waals surface area contributed by atoms with Crippen LogP contribution >= 0.6 is 11.6 Å². The van der Waals surface area contributed by atoms with Crippen LogP contribution in [0.3, 0.4) is 0 Å². The monoisotopic (exact) mass is 364 g/mol. The number of ether oxygens (including phenoxy) is 1. The fourth-order valence-corrected chi connectivity index (χ4v) is 2.62. The van der Waals surface area contributed by atoms with Crippen molar-refractivity contribution in [2.75, 3.05) is 0 Å². The third-order valence-corrected chi connectivity index (χ3v) is 4.00. The van der Waals surface area contributed by atoms with Gasteiger partial charge in [-0.2, -0.15) is 4.98 Å². The van der Waals surface area contributed by atoms with Crippen molar-refractivity contribution in [3.63, 3.8) is 0 Å². The van der Waals surface area contributed by atoms with E-state index in [1.807, 2.05) is 36.4 Å². The van der Waals surface area contributed by atoms with E-state index in [-0.39, 0.29) is 5.75 Å². The maximum atomic E-state index is 9.36. The first kappa shape index (κ1) is 16.2. The molecule has 0 aliphatic heterocycles. The molecule has 0 bridgehead atoms. The van der Waals surface area contributed by atoms with E-state index in [4.69, 9.17) is 20.9 Å². The Morgan fingerprint density at radius 1 is 0.885 bits per heavy atom. The largest absolute Gasteiger partial charge is 0.508 e. The second-order valence-corrected chi connectivity index (χ2v) is 5.94. The summed E-state index contributed by atoms with van der Waals surface area (Å²) in [6.45, 7) is 0. The molecule has 3 aromatic carbocycles. The number of phenolic OH excluding ortho intramolecular Hbond substituents is 1. The summed E-state index contributed by atoms with van der Waals surface area (Å²) in [5.41, 5.74) is 1.43. The van der Waals surface area contributed by atoms with Gasteiger partial charge in [-0.3, -0.25) is 0 Å². The summed E-state index contributed by atoms with van der Waals surface area (Å²) in [5.74, 6) is 2.21. The van der Waals surface area contributed by atoms with E-state index in [0.29, 0.717) is 33.8 Å². The average molecular weight is 365 g/mol. The maximum Gasteiger partial charge on any atom is 0.258 e. The van der Waals surface area contributed by atoms with E-state index in [1.165, 1.54) is 0 Å². The molecule has 0 spiro atoms. The minimum atomic E-state index is 0.175. The lowest BCUT2D eigenvalue weighted by molar-refractivity contribution is 0.432. The van der Waals surface area contributed by atoms with Crippen LogP contribution in [0, 0.1) is 0 Å². The van der Waals surface area contributed by atoms with E-state index in [2.05, 4.69) is 10.1 Å². The maximum absolute atomic E-state index is 9.36. The van der Waals surface area contributed by atoms with Gasteiger partial charge in [0.2, 0.25) is 5.82 Å². The normalized spacial score (nSPS) is 10.7. The highest BCUT2D eigenvalue weighted by atomic mass is 35.5. The van der Waals surface area contributed by atoms with Gasteiger partial charge in [-0.05, 0) is 54.6 Å². The molecule has 128 valence electrons. The lowest BCUT2D eigenvalue weighted by atomic mass is 10.2. The third-order valence-electron chi connectivity index (χ3n) is 3.70. The van der Waals surface area contributed by atoms with Crippen LogP contribution < -0.4 is 4.74 Å². The Morgan fingerprint density at radius 2 is 1.62 bits per heavy atom. The molecule has 0 saturated carbocycles. The molecule has 0 fully saturated rings. The van der Waals surface area contributed by atoms with Gasteiger partial charge in [-0.15, -0.1) is 0 Å². The van der Waals surface area contributed by atoms with E-state index in [1.54, 1.807) is 36.4 Å². The van der Waals surface area contributed by atoms with Crippen LogP contribution in [0.25, 0.3) is 22.8 Å². The number of halogens is 1. The molecule has 0 aliphatic rings. The first-order valence-corrected chi connectivity index (χ1v) is 8.23. The summed E-state index contributed by atoms with van der Waals surface area (Å²) in [5, 5.41) is 13.8. The highest BCUT2D eigenvalue weighted by molar-refractivity contribution is 6.32. The quantitative estimate of drug-likeness (QED) is 0.513. The summed E-state index contributed by atoms with van der Waals surface area (Å²) in [7, 11) is 0. The summed E-state index contributed by atoms with van der Waals surface area (Å²) >= 11 is 6.33. The second kappa shape index (κ2) is 6.90. The fourth-order valence-electron chi connectivity index (χ4n) is 2.40. The van der Waals surface area contributed by atoms with Crippen molar-refractivity contribution in [3.8, 4) is 40.1 Å². The molecule has 0 aliphatic carbocycles. The van der Waals surface area contributed by atoms with Gasteiger partial charge < -0.3 is 14.4 Å². The standard InChI is InChI=1S/C20H13ClN2O3/c21-17-12-14(8-11-18(17)25-16-4-2-1-3-5-16)19-22-20(26-23-19)13-6-9-15(24)10-7-13/h1-12,24H. The Morgan fingerprint density at radius 3 is 2.35 bits per heavy atom. The Bertz CT molecular complexity index is 1030. The number of aromatic nitrogens is 2. The van der Waals surface area contributed by atoms with E-state index >= 15 is 0 Å². The first-order valence-electron chi connectivity index (χ1n) is 7.85. The number of phenols is 1. The molecular weight excluding hydrogens is 352 g/mol. The van der Waals surface area contributed by atoms with Crippen molar-refractivity contribution in [2.24, 2.45) is 0 Å². The van der Waals surface area contributed by atoms with E-state index in [0.717, 1.165) is 5.56 Å². The molecule has 0 amide bonds. The molecule has 5 nitrogen and oxygen atoms in total. The van der Waals surface area contributed by atoms with E-state index in [9.17, 15) is 5.11 Å². The Hall–Kier alpha value is -3.31. The molecular formula is C20H13ClN2O3. The molecule has 4 rings (SSSR count). The van der Waals surface area contributed by atoms with Gasteiger partial charge in [-0.25, -0.2) is 0 Å². The number of hydrogen-bond acceptors (Lipinski definition) is 5. The van der Waals surface area contributed by atoms with Crippen LogP contribution in [-0.2, 0) is 0 Å². The molecule has 0 saturated heterocycles. The number of nitrogens with zero attached hydrogens (tertiary/aromatic N) is 2. The van der Waals surface area contributed by atoms with Crippen molar-refractivity contribution in [1.29, 1.82) is 0 Å². The Balaban J connectivity index is 1.59. The van der Waals surface area contributed by atoms with Crippen LogP contribution in [0.5, 0.6) is 17.2 Å². The molecule has 1 aromatic heterocycles. The SMILES string of the molecule is Oc1ccc(-c2nc(-c3ccc(Oc4ccccc4)c(Cl)c3)no2)cc1. The Labute approximate surface area is 154 Å². The fraction of sp³-hybridized carbons (Fsp3) is 0. The predicted molar refractivity (Wildman–Crippen MR) is 98.4 cm³/mol. The molecule has 6 heteroatoms. The van der Waals surface area contributed by atoms with Crippen molar-refractivity contribution in [1.82, 2.24) is 10.1 Å². The summed E-state index contributed by atoms with van der Waals surface area (Å²) in [6, 6.07) is 21.2. The number of rotatable bonds is 4. The minimum Gasteiger partial charge on any atom is -0.508 e.